The molecule has 2 aromatic heterocycles. The monoisotopic (exact) mass is 361 g/mol. The third-order valence-electron chi connectivity index (χ3n) is 4.98. The van der Waals surface area contributed by atoms with Crippen LogP contribution in [-0.2, 0) is 6.54 Å². The lowest BCUT2D eigenvalue weighted by Crippen LogP contribution is -2.42. The molecule has 136 valence electrons. The zero-order chi connectivity index (χ0) is 18.2. The Morgan fingerprint density at radius 2 is 2.04 bits per heavy atom. The standard InChI is InChI=1S/C20H19N5O2/c26-18-15-4-1-3-13(12-25-9-7-21-8-10-25)19(15)27-17(18)11-16-14-5-2-6-22-20(14)24-23-16/h1-6,11,21,26H,7-10,12H2. The van der Waals surface area contributed by atoms with Crippen LogP contribution in [0.25, 0.3) is 22.7 Å². The second-order valence-electron chi connectivity index (χ2n) is 6.74. The molecule has 1 saturated heterocycles. The minimum atomic E-state index is 0.132. The van der Waals surface area contributed by atoms with Gasteiger partial charge in [-0.1, -0.05) is 12.1 Å². The number of nitrogens with one attached hydrogen (secondary N) is 1. The Morgan fingerprint density at radius 1 is 1.15 bits per heavy atom. The number of pyridine rings is 1. The summed E-state index contributed by atoms with van der Waals surface area (Å²) in [4.78, 5) is 6.58. The van der Waals surface area contributed by atoms with Crippen LogP contribution in [0.4, 0.5) is 5.82 Å². The van der Waals surface area contributed by atoms with Crippen molar-refractivity contribution >= 4 is 28.6 Å². The summed E-state index contributed by atoms with van der Waals surface area (Å²) < 4.78 is 6.06. The zero-order valence-electron chi connectivity index (χ0n) is 14.7. The molecule has 3 aromatic rings. The molecular formula is C20H19N5O2. The average molecular weight is 361 g/mol. The Morgan fingerprint density at radius 3 is 2.93 bits per heavy atom. The summed E-state index contributed by atoms with van der Waals surface area (Å²) in [6.45, 7) is 4.80. The van der Waals surface area contributed by atoms with E-state index in [1.807, 2.05) is 24.3 Å². The molecule has 0 saturated carbocycles. The molecule has 27 heavy (non-hydrogen) atoms. The van der Waals surface area contributed by atoms with Crippen molar-refractivity contribution in [3.05, 3.63) is 53.4 Å². The lowest BCUT2D eigenvalue weighted by atomic mass is 10.1. The fourth-order valence-corrected chi connectivity index (χ4v) is 3.58. The number of fused-ring (bicyclic) bond motifs is 2. The minimum Gasteiger partial charge on any atom is -0.504 e. The van der Waals surface area contributed by atoms with E-state index in [1.54, 1.807) is 12.3 Å². The van der Waals surface area contributed by atoms with Crippen LogP contribution in [0.1, 0.15) is 16.9 Å². The number of aromatic hydroxyl groups is 1. The van der Waals surface area contributed by atoms with Gasteiger partial charge in [-0.05, 0) is 18.2 Å². The molecule has 7 nitrogen and oxygen atoms in total. The molecule has 0 aliphatic carbocycles. The SMILES string of the molecule is Oc1c(C=C2N=Nc3ncccc32)oc2c(CN3CCNCC3)cccc12. The maximum atomic E-state index is 10.7. The summed E-state index contributed by atoms with van der Waals surface area (Å²) >= 11 is 0. The molecule has 0 amide bonds. The molecule has 0 bridgehead atoms. The fraction of sp³-hybridized carbons (Fsp3) is 0.250. The van der Waals surface area contributed by atoms with Gasteiger partial charge in [0.05, 0.1) is 5.39 Å². The normalized spacial score (nSPS) is 18.4. The average Bonchev–Trinajstić information content (AvgIpc) is 3.26. The number of azo groups is 1. The van der Waals surface area contributed by atoms with Crippen LogP contribution in [0, 0.1) is 0 Å². The Labute approximate surface area is 156 Å². The number of benzene rings is 1. The van der Waals surface area contributed by atoms with E-state index in [0.717, 1.165) is 54.8 Å². The number of para-hydroxylation sites is 1. The molecule has 2 aliphatic rings. The summed E-state index contributed by atoms with van der Waals surface area (Å²) in [6.07, 6.45) is 3.41. The molecule has 5 rings (SSSR count). The van der Waals surface area contributed by atoms with Gasteiger partial charge in [-0.3, -0.25) is 4.90 Å². The largest absolute Gasteiger partial charge is 0.504 e. The Hall–Kier alpha value is -3.03. The van der Waals surface area contributed by atoms with Gasteiger partial charge in [-0.25, -0.2) is 4.98 Å². The van der Waals surface area contributed by atoms with Crippen LogP contribution in [-0.4, -0.2) is 41.2 Å². The smallest absolute Gasteiger partial charge is 0.183 e. The van der Waals surface area contributed by atoms with Gasteiger partial charge in [-0.2, -0.15) is 0 Å². The third kappa shape index (κ3) is 2.90. The first kappa shape index (κ1) is 16.2. The van der Waals surface area contributed by atoms with Gasteiger partial charge in [-0.15, -0.1) is 10.2 Å². The molecular weight excluding hydrogens is 342 g/mol. The van der Waals surface area contributed by atoms with E-state index in [1.165, 1.54) is 0 Å². The van der Waals surface area contributed by atoms with Crippen molar-refractivity contribution in [1.29, 1.82) is 0 Å². The quantitative estimate of drug-likeness (QED) is 0.745. The van der Waals surface area contributed by atoms with Gasteiger partial charge in [0.2, 0.25) is 0 Å². The highest BCUT2D eigenvalue weighted by atomic mass is 16.4. The van der Waals surface area contributed by atoms with Gasteiger partial charge in [0.15, 0.2) is 17.3 Å². The van der Waals surface area contributed by atoms with Gasteiger partial charge in [0.1, 0.15) is 11.3 Å². The van der Waals surface area contributed by atoms with Crippen molar-refractivity contribution in [3.63, 3.8) is 0 Å². The number of aromatic nitrogens is 1. The molecule has 2 aliphatic heterocycles. The summed E-state index contributed by atoms with van der Waals surface area (Å²) in [5.41, 5.74) is 3.26. The van der Waals surface area contributed by atoms with E-state index in [9.17, 15) is 5.11 Å². The topological polar surface area (TPSA) is 86.2 Å². The highest BCUT2D eigenvalue weighted by Gasteiger charge is 2.20. The first-order valence-corrected chi connectivity index (χ1v) is 9.05. The summed E-state index contributed by atoms with van der Waals surface area (Å²) in [5, 5.41) is 23.0. The second-order valence-corrected chi connectivity index (χ2v) is 6.74. The summed E-state index contributed by atoms with van der Waals surface area (Å²) in [6, 6.07) is 9.64. The number of furan rings is 1. The molecule has 1 fully saturated rings. The Bertz CT molecular complexity index is 1060. The summed E-state index contributed by atoms with van der Waals surface area (Å²) in [5.74, 6) is 1.11. The molecule has 2 N–H and O–H groups in total. The van der Waals surface area contributed by atoms with E-state index >= 15 is 0 Å². The Balaban J connectivity index is 1.53. The minimum absolute atomic E-state index is 0.132. The van der Waals surface area contributed by atoms with E-state index in [2.05, 4.69) is 31.5 Å². The van der Waals surface area contributed by atoms with Crippen LogP contribution in [0.5, 0.6) is 5.75 Å². The van der Waals surface area contributed by atoms with Crippen LogP contribution >= 0.6 is 0 Å². The summed E-state index contributed by atoms with van der Waals surface area (Å²) in [7, 11) is 0. The van der Waals surface area contributed by atoms with Crippen molar-refractivity contribution in [2.45, 2.75) is 6.54 Å². The van der Waals surface area contributed by atoms with Gasteiger partial charge in [0, 0.05) is 56.1 Å². The highest BCUT2D eigenvalue weighted by Crippen LogP contribution is 2.39. The maximum absolute atomic E-state index is 10.7. The Kier molecular flexibility index (Phi) is 3.95. The van der Waals surface area contributed by atoms with Crippen LogP contribution in [0.2, 0.25) is 0 Å². The molecule has 0 spiro atoms. The fourth-order valence-electron chi connectivity index (χ4n) is 3.58. The van der Waals surface area contributed by atoms with Crippen LogP contribution in [0.15, 0.2) is 51.2 Å². The third-order valence-corrected chi connectivity index (χ3v) is 4.98. The lowest BCUT2D eigenvalue weighted by Gasteiger charge is -2.27. The second kappa shape index (κ2) is 6.61. The molecule has 1 aromatic carbocycles. The van der Waals surface area contributed by atoms with Gasteiger partial charge in [0.25, 0.3) is 0 Å². The van der Waals surface area contributed by atoms with Crippen LogP contribution in [0.3, 0.4) is 0 Å². The molecule has 0 radical (unpaired) electrons. The number of rotatable bonds is 3. The first-order valence-electron chi connectivity index (χ1n) is 9.05. The molecule has 0 atom stereocenters. The van der Waals surface area contributed by atoms with Crippen molar-refractivity contribution in [1.82, 2.24) is 15.2 Å². The van der Waals surface area contributed by atoms with Gasteiger partial charge < -0.3 is 14.8 Å². The van der Waals surface area contributed by atoms with E-state index in [4.69, 9.17) is 4.42 Å². The van der Waals surface area contributed by atoms with Crippen molar-refractivity contribution in [2.24, 2.45) is 10.2 Å². The highest BCUT2D eigenvalue weighted by molar-refractivity contribution is 5.94. The first-order chi connectivity index (χ1) is 13.3. The maximum Gasteiger partial charge on any atom is 0.183 e. The van der Waals surface area contributed by atoms with Crippen LogP contribution < -0.4 is 5.32 Å². The van der Waals surface area contributed by atoms with Crippen molar-refractivity contribution in [2.75, 3.05) is 26.2 Å². The number of nitrogens with zero attached hydrogens (tertiary/aromatic N) is 4. The molecule has 0 unspecified atom stereocenters. The number of hydrogen-bond acceptors (Lipinski definition) is 7. The van der Waals surface area contributed by atoms with E-state index in [0.29, 0.717) is 17.3 Å². The lowest BCUT2D eigenvalue weighted by molar-refractivity contribution is 0.233. The van der Waals surface area contributed by atoms with Crippen molar-refractivity contribution < 1.29 is 9.52 Å². The van der Waals surface area contributed by atoms with E-state index < -0.39 is 0 Å². The van der Waals surface area contributed by atoms with Crippen molar-refractivity contribution in [3.8, 4) is 5.75 Å². The number of hydrogen-bond donors (Lipinski definition) is 2. The number of piperazine rings is 1. The van der Waals surface area contributed by atoms with Gasteiger partial charge >= 0.3 is 0 Å². The van der Waals surface area contributed by atoms with E-state index in [-0.39, 0.29) is 5.75 Å². The predicted octanol–water partition coefficient (Wildman–Crippen LogP) is 3.53. The molecule has 4 heterocycles. The predicted molar refractivity (Wildman–Crippen MR) is 103 cm³/mol. The molecule has 7 heteroatoms. The zero-order valence-corrected chi connectivity index (χ0v) is 14.7.